The number of alkyl halides is 2. The van der Waals surface area contributed by atoms with E-state index in [1.54, 1.807) is 12.3 Å². The summed E-state index contributed by atoms with van der Waals surface area (Å²) < 4.78 is 46.1. The van der Waals surface area contributed by atoms with Crippen molar-refractivity contribution in [3.63, 3.8) is 0 Å². The van der Waals surface area contributed by atoms with Gasteiger partial charge in [-0.25, -0.2) is 28.5 Å². The number of carbonyl (C=O) groups is 1. The number of piperidine rings is 1. The first-order valence-corrected chi connectivity index (χ1v) is 16.0. The van der Waals surface area contributed by atoms with Gasteiger partial charge in [0.2, 0.25) is 5.88 Å². The van der Waals surface area contributed by atoms with E-state index in [2.05, 4.69) is 26.5 Å². The van der Waals surface area contributed by atoms with Gasteiger partial charge in [0.1, 0.15) is 24.5 Å². The average Bonchev–Trinajstić information content (AvgIpc) is 3.64. The third kappa shape index (κ3) is 6.54. The molecule has 0 amide bonds. The van der Waals surface area contributed by atoms with Crippen LogP contribution < -0.4 is 4.74 Å². The van der Waals surface area contributed by atoms with Crippen molar-refractivity contribution in [2.45, 2.75) is 70.4 Å². The molecular weight excluding hydrogens is 608 g/mol. The maximum absolute atomic E-state index is 13.0. The number of fused-ring (bicyclic) bond motifs is 2. The highest BCUT2D eigenvalue weighted by atomic mass is 19.3. The number of ether oxygens (including phenoxy) is 3. The summed E-state index contributed by atoms with van der Waals surface area (Å²) in [6, 6.07) is 15.0. The first-order valence-electron chi connectivity index (χ1n) is 16.0. The maximum atomic E-state index is 13.0. The zero-order valence-corrected chi connectivity index (χ0v) is 26.4. The van der Waals surface area contributed by atoms with E-state index in [4.69, 9.17) is 24.2 Å². The number of methoxy groups -OCH3 is 1. The molecule has 2 aliphatic rings. The van der Waals surface area contributed by atoms with Crippen molar-refractivity contribution in [1.29, 1.82) is 0 Å². The molecular formula is C34H37F2N7O4. The van der Waals surface area contributed by atoms with Crippen LogP contribution in [0.25, 0.3) is 22.1 Å². The standard InChI is InChI=1S/C34H37F2N7O4/c1-21(32-39-27-8-9-28(34(44)45-2)40-33(27)42(32)18-25-12-15-46-25)41-13-10-23(11-14-41)26-4-3-5-31(38-26)47-20-22-6-7-24-17-37-43(19-30(35)36)29(24)16-22/h3-9,16-17,21,23,25,30H,10-15,18-20H2,1-2H3/t21?,25-/m0/s1. The van der Waals surface area contributed by atoms with Crippen LogP contribution in [0.3, 0.4) is 0 Å². The molecule has 246 valence electrons. The van der Waals surface area contributed by atoms with Crippen molar-refractivity contribution in [1.82, 2.24) is 34.2 Å². The molecule has 7 rings (SSSR count). The number of aromatic nitrogens is 6. The van der Waals surface area contributed by atoms with E-state index in [1.807, 2.05) is 42.5 Å². The van der Waals surface area contributed by atoms with Gasteiger partial charge in [0.15, 0.2) is 11.3 Å². The minimum absolute atomic E-state index is 0.0313. The van der Waals surface area contributed by atoms with Crippen molar-refractivity contribution in [3.8, 4) is 5.88 Å². The van der Waals surface area contributed by atoms with Crippen molar-refractivity contribution in [2.75, 3.05) is 26.8 Å². The van der Waals surface area contributed by atoms with Crippen LogP contribution in [0, 0.1) is 0 Å². The van der Waals surface area contributed by atoms with Gasteiger partial charge in [-0.05, 0) is 69.1 Å². The molecule has 1 unspecified atom stereocenters. The van der Waals surface area contributed by atoms with Crippen molar-refractivity contribution >= 4 is 28.0 Å². The Balaban J connectivity index is 1.01. The van der Waals surface area contributed by atoms with E-state index < -0.39 is 18.9 Å². The second-order valence-electron chi connectivity index (χ2n) is 12.2. The summed E-state index contributed by atoms with van der Waals surface area (Å²) in [7, 11) is 1.35. The number of halogens is 2. The van der Waals surface area contributed by atoms with E-state index >= 15 is 0 Å². The molecule has 2 aliphatic heterocycles. The molecule has 0 radical (unpaired) electrons. The third-order valence-corrected chi connectivity index (χ3v) is 9.22. The number of nitrogens with zero attached hydrogens (tertiary/aromatic N) is 7. The smallest absolute Gasteiger partial charge is 0.356 e. The summed E-state index contributed by atoms with van der Waals surface area (Å²) in [5, 5.41) is 4.90. The summed E-state index contributed by atoms with van der Waals surface area (Å²) in [6.45, 7) is 5.12. The predicted molar refractivity (Wildman–Crippen MR) is 169 cm³/mol. The quantitative estimate of drug-likeness (QED) is 0.171. The molecule has 13 heteroatoms. The van der Waals surface area contributed by atoms with Crippen LogP contribution in [0.4, 0.5) is 8.78 Å². The second-order valence-corrected chi connectivity index (χ2v) is 12.2. The van der Waals surface area contributed by atoms with Gasteiger partial charge >= 0.3 is 5.97 Å². The average molecular weight is 646 g/mol. The Labute approximate surface area is 270 Å². The highest BCUT2D eigenvalue weighted by Crippen LogP contribution is 2.33. The highest BCUT2D eigenvalue weighted by Gasteiger charge is 2.30. The van der Waals surface area contributed by atoms with E-state index in [0.717, 1.165) is 66.9 Å². The molecule has 1 aromatic carbocycles. The highest BCUT2D eigenvalue weighted by molar-refractivity contribution is 5.89. The monoisotopic (exact) mass is 645 g/mol. The maximum Gasteiger partial charge on any atom is 0.356 e. The second kappa shape index (κ2) is 13.3. The molecule has 0 N–H and O–H groups in total. The molecule has 2 atom stereocenters. The van der Waals surface area contributed by atoms with E-state index in [9.17, 15) is 13.6 Å². The fourth-order valence-corrected chi connectivity index (χ4v) is 6.49. The van der Waals surface area contributed by atoms with E-state index in [0.29, 0.717) is 23.6 Å². The van der Waals surface area contributed by atoms with Gasteiger partial charge in [-0.1, -0.05) is 18.2 Å². The Bertz CT molecular complexity index is 1880. The molecule has 11 nitrogen and oxygen atoms in total. The van der Waals surface area contributed by atoms with Gasteiger partial charge in [0.25, 0.3) is 6.43 Å². The third-order valence-electron chi connectivity index (χ3n) is 9.22. The van der Waals surface area contributed by atoms with Crippen molar-refractivity contribution < 1.29 is 27.8 Å². The number of carbonyl (C=O) groups excluding carboxylic acids is 1. The van der Waals surface area contributed by atoms with Crippen LogP contribution >= 0.6 is 0 Å². The number of rotatable bonds is 11. The van der Waals surface area contributed by atoms with Crippen LogP contribution in [0.5, 0.6) is 5.88 Å². The van der Waals surface area contributed by atoms with Crippen molar-refractivity contribution in [3.05, 3.63) is 77.5 Å². The van der Waals surface area contributed by atoms with Crippen LogP contribution in [0.15, 0.2) is 54.7 Å². The number of esters is 1. The molecule has 2 saturated heterocycles. The molecule has 4 aromatic heterocycles. The molecule has 0 saturated carbocycles. The summed E-state index contributed by atoms with van der Waals surface area (Å²) in [5.41, 5.74) is 4.17. The zero-order valence-electron chi connectivity index (χ0n) is 26.4. The summed E-state index contributed by atoms with van der Waals surface area (Å²) in [6.07, 6.45) is 2.07. The lowest BCUT2D eigenvalue weighted by molar-refractivity contribution is -0.0595. The van der Waals surface area contributed by atoms with Gasteiger partial charge in [-0.3, -0.25) is 9.58 Å². The minimum atomic E-state index is -2.48. The Morgan fingerprint density at radius 3 is 2.64 bits per heavy atom. The van der Waals surface area contributed by atoms with Gasteiger partial charge < -0.3 is 18.8 Å². The fraction of sp³-hybridized carbons (Fsp3) is 0.441. The summed E-state index contributed by atoms with van der Waals surface area (Å²) in [4.78, 5) is 29.1. The van der Waals surface area contributed by atoms with Crippen LogP contribution in [-0.4, -0.2) is 79.5 Å². The van der Waals surface area contributed by atoms with Crippen LogP contribution in [-0.2, 0) is 29.2 Å². The lowest BCUT2D eigenvalue weighted by Gasteiger charge is -2.36. The van der Waals surface area contributed by atoms with Gasteiger partial charge in [0.05, 0.1) is 37.5 Å². The van der Waals surface area contributed by atoms with Crippen LogP contribution in [0.1, 0.15) is 65.7 Å². The summed E-state index contributed by atoms with van der Waals surface area (Å²) >= 11 is 0. The summed E-state index contributed by atoms with van der Waals surface area (Å²) in [5.74, 6) is 1.25. The molecule has 2 fully saturated rings. The lowest BCUT2D eigenvalue weighted by Crippen LogP contribution is -2.37. The number of pyridine rings is 2. The van der Waals surface area contributed by atoms with Gasteiger partial charge in [-0.15, -0.1) is 0 Å². The Kier molecular flexibility index (Phi) is 8.82. The fourth-order valence-electron chi connectivity index (χ4n) is 6.49. The first-order chi connectivity index (χ1) is 22.9. The largest absolute Gasteiger partial charge is 0.473 e. The Hall–Kier alpha value is -4.49. The Morgan fingerprint density at radius 1 is 1.06 bits per heavy atom. The molecule has 47 heavy (non-hydrogen) atoms. The molecule has 0 aliphatic carbocycles. The van der Waals surface area contributed by atoms with Gasteiger partial charge in [-0.2, -0.15) is 5.10 Å². The molecule has 0 spiro atoms. The normalized spacial score (nSPS) is 18.1. The number of benzene rings is 1. The first kappa shape index (κ1) is 31.1. The number of hydrogen-bond acceptors (Lipinski definition) is 9. The Morgan fingerprint density at radius 2 is 1.89 bits per heavy atom. The van der Waals surface area contributed by atoms with Crippen molar-refractivity contribution in [2.24, 2.45) is 0 Å². The molecule has 6 heterocycles. The number of likely N-dealkylation sites (tertiary alicyclic amines) is 1. The number of hydrogen-bond donors (Lipinski definition) is 0. The van der Waals surface area contributed by atoms with E-state index in [-0.39, 0.29) is 30.4 Å². The van der Waals surface area contributed by atoms with Crippen LogP contribution in [0.2, 0.25) is 0 Å². The topological polar surface area (TPSA) is 109 Å². The molecule has 5 aromatic rings. The lowest BCUT2D eigenvalue weighted by atomic mass is 9.92. The van der Waals surface area contributed by atoms with Gasteiger partial charge in [0, 0.05) is 29.7 Å². The molecule has 0 bridgehead atoms. The van der Waals surface area contributed by atoms with E-state index in [1.165, 1.54) is 11.8 Å². The predicted octanol–water partition coefficient (Wildman–Crippen LogP) is 5.54. The SMILES string of the molecule is COC(=O)c1ccc2nc(C(C)N3CCC(c4cccc(OCc5ccc6cnn(CC(F)F)c6c5)n4)CC3)n(C[C@@H]3CCO3)c2n1. The minimum Gasteiger partial charge on any atom is -0.473 e. The number of imidazole rings is 1. The zero-order chi connectivity index (χ0) is 32.5.